The fraction of sp³-hybridized carbons (Fsp3) is 0.364. The molecule has 3 heterocycles. The molecule has 2 fully saturated rings. The molecule has 2 aromatic rings. The lowest BCUT2D eigenvalue weighted by Gasteiger charge is -2.25. The van der Waals surface area contributed by atoms with E-state index in [1.807, 2.05) is 0 Å². The lowest BCUT2D eigenvalue weighted by atomic mass is 9.98. The molecule has 0 spiro atoms. The second kappa shape index (κ2) is 8.23. The SMILES string of the molecule is COc1cccc(OC)c1/C(O)=C1\C(=O)C(=O)N(CC2CCCO2)C1c1ccco1. The van der Waals surface area contributed by atoms with Crippen LogP contribution in [-0.4, -0.2) is 55.2 Å². The second-order valence-electron chi connectivity index (χ2n) is 7.14. The highest BCUT2D eigenvalue weighted by Crippen LogP contribution is 2.43. The molecule has 1 aromatic carbocycles. The van der Waals surface area contributed by atoms with Crippen LogP contribution in [0.5, 0.6) is 11.5 Å². The van der Waals surface area contributed by atoms with Crippen molar-refractivity contribution in [2.24, 2.45) is 0 Å². The van der Waals surface area contributed by atoms with Gasteiger partial charge in [-0.25, -0.2) is 0 Å². The summed E-state index contributed by atoms with van der Waals surface area (Å²) in [5, 5.41) is 11.2. The normalized spacial score (nSPS) is 23.2. The van der Waals surface area contributed by atoms with Gasteiger partial charge in [0.1, 0.15) is 34.6 Å². The predicted octanol–water partition coefficient (Wildman–Crippen LogP) is 2.90. The minimum Gasteiger partial charge on any atom is -0.506 e. The lowest BCUT2D eigenvalue weighted by Crippen LogP contribution is -2.36. The molecule has 0 aliphatic carbocycles. The molecule has 158 valence electrons. The number of hydrogen-bond donors (Lipinski definition) is 1. The van der Waals surface area contributed by atoms with E-state index >= 15 is 0 Å². The number of methoxy groups -OCH3 is 2. The smallest absolute Gasteiger partial charge is 0.295 e. The number of aliphatic hydroxyl groups is 1. The molecule has 0 radical (unpaired) electrons. The summed E-state index contributed by atoms with van der Waals surface area (Å²) in [7, 11) is 2.90. The van der Waals surface area contributed by atoms with Crippen molar-refractivity contribution in [1.29, 1.82) is 0 Å². The molecule has 4 rings (SSSR count). The first kappa shape index (κ1) is 20.0. The summed E-state index contributed by atoms with van der Waals surface area (Å²) in [6, 6.07) is 7.45. The van der Waals surface area contributed by atoms with E-state index in [0.29, 0.717) is 23.9 Å². The van der Waals surface area contributed by atoms with E-state index in [0.717, 1.165) is 12.8 Å². The number of nitrogens with zero attached hydrogens (tertiary/aromatic N) is 1. The molecular formula is C22H23NO7. The molecule has 2 aliphatic heterocycles. The van der Waals surface area contributed by atoms with E-state index in [2.05, 4.69) is 0 Å². The Morgan fingerprint density at radius 3 is 2.47 bits per heavy atom. The minimum atomic E-state index is -0.876. The van der Waals surface area contributed by atoms with Gasteiger partial charge < -0.3 is 28.6 Å². The highest BCUT2D eigenvalue weighted by atomic mass is 16.5. The van der Waals surface area contributed by atoms with Crippen molar-refractivity contribution in [3.05, 3.63) is 53.5 Å². The van der Waals surface area contributed by atoms with Crippen LogP contribution in [0.15, 0.2) is 46.6 Å². The fourth-order valence-electron chi connectivity index (χ4n) is 4.04. The van der Waals surface area contributed by atoms with Crippen LogP contribution in [0.25, 0.3) is 5.76 Å². The van der Waals surface area contributed by atoms with E-state index in [4.69, 9.17) is 18.6 Å². The van der Waals surface area contributed by atoms with Crippen LogP contribution in [0.3, 0.4) is 0 Å². The maximum absolute atomic E-state index is 13.0. The Hall–Kier alpha value is -3.26. The van der Waals surface area contributed by atoms with Crippen LogP contribution >= 0.6 is 0 Å². The van der Waals surface area contributed by atoms with Crippen LogP contribution in [0.2, 0.25) is 0 Å². The Kier molecular flexibility index (Phi) is 5.50. The number of carbonyl (C=O) groups is 2. The highest BCUT2D eigenvalue weighted by Gasteiger charge is 2.48. The number of carbonyl (C=O) groups excluding carboxylic acids is 2. The molecule has 2 aliphatic rings. The molecule has 1 amide bonds. The van der Waals surface area contributed by atoms with Gasteiger partial charge in [0.2, 0.25) is 0 Å². The summed E-state index contributed by atoms with van der Waals surface area (Å²) in [4.78, 5) is 27.4. The first-order valence-corrected chi connectivity index (χ1v) is 9.71. The zero-order valence-electron chi connectivity index (χ0n) is 16.8. The summed E-state index contributed by atoms with van der Waals surface area (Å²) in [5.41, 5.74) is 0.130. The monoisotopic (exact) mass is 413 g/mol. The Morgan fingerprint density at radius 2 is 1.90 bits per heavy atom. The average Bonchev–Trinajstić information content (AvgIpc) is 3.51. The Labute approximate surface area is 173 Å². The number of ketones is 1. The molecule has 8 heteroatoms. The first-order chi connectivity index (χ1) is 14.6. The molecule has 2 unspecified atom stereocenters. The maximum Gasteiger partial charge on any atom is 0.295 e. The van der Waals surface area contributed by atoms with Crippen LogP contribution in [0.4, 0.5) is 0 Å². The summed E-state index contributed by atoms with van der Waals surface area (Å²) in [5.74, 6) is -0.866. The quantitative estimate of drug-likeness (QED) is 0.442. The van der Waals surface area contributed by atoms with E-state index in [-0.39, 0.29) is 29.5 Å². The van der Waals surface area contributed by atoms with E-state index in [9.17, 15) is 14.7 Å². The number of hydrogen-bond acceptors (Lipinski definition) is 7. The van der Waals surface area contributed by atoms with Gasteiger partial charge in [0, 0.05) is 13.2 Å². The number of rotatable bonds is 6. The Bertz CT molecular complexity index is 951. The third-order valence-electron chi connectivity index (χ3n) is 5.44. The number of Topliss-reactive ketones (excluding diaryl/α,β-unsaturated/α-hetero) is 1. The van der Waals surface area contributed by atoms with Crippen LogP contribution in [-0.2, 0) is 14.3 Å². The summed E-state index contributed by atoms with van der Waals surface area (Å²) >= 11 is 0. The van der Waals surface area contributed by atoms with Gasteiger partial charge in [-0.15, -0.1) is 0 Å². The summed E-state index contributed by atoms with van der Waals surface area (Å²) in [6.07, 6.45) is 3.00. The first-order valence-electron chi connectivity index (χ1n) is 9.71. The molecule has 30 heavy (non-hydrogen) atoms. The molecular weight excluding hydrogens is 390 g/mol. The van der Waals surface area contributed by atoms with E-state index in [1.54, 1.807) is 30.3 Å². The van der Waals surface area contributed by atoms with Crippen LogP contribution in [0, 0.1) is 0 Å². The van der Waals surface area contributed by atoms with E-state index in [1.165, 1.54) is 25.4 Å². The maximum atomic E-state index is 13.0. The van der Waals surface area contributed by atoms with Crippen molar-refractivity contribution in [2.45, 2.75) is 25.0 Å². The predicted molar refractivity (Wildman–Crippen MR) is 106 cm³/mol. The number of aliphatic hydroxyl groups excluding tert-OH is 1. The van der Waals surface area contributed by atoms with Crippen molar-refractivity contribution in [1.82, 2.24) is 4.90 Å². The second-order valence-corrected chi connectivity index (χ2v) is 7.14. The molecule has 0 bridgehead atoms. The Morgan fingerprint density at radius 1 is 1.17 bits per heavy atom. The Balaban J connectivity index is 1.87. The zero-order valence-corrected chi connectivity index (χ0v) is 16.8. The molecule has 1 N–H and O–H groups in total. The molecule has 2 atom stereocenters. The third-order valence-corrected chi connectivity index (χ3v) is 5.44. The van der Waals surface area contributed by atoms with Crippen LogP contribution in [0.1, 0.15) is 30.2 Å². The summed E-state index contributed by atoms with van der Waals surface area (Å²) < 4.78 is 21.9. The van der Waals surface area contributed by atoms with Crippen LogP contribution < -0.4 is 9.47 Å². The van der Waals surface area contributed by atoms with Gasteiger partial charge in [-0.1, -0.05) is 6.07 Å². The van der Waals surface area contributed by atoms with Gasteiger partial charge in [-0.05, 0) is 37.1 Å². The van der Waals surface area contributed by atoms with Gasteiger partial charge in [-0.2, -0.15) is 0 Å². The summed E-state index contributed by atoms with van der Waals surface area (Å²) in [6.45, 7) is 0.855. The standard InChI is InChI=1S/C22H23NO7/c1-27-14-7-3-8-15(28-2)17(14)20(24)18-19(16-9-5-11-30-16)23(22(26)21(18)25)12-13-6-4-10-29-13/h3,5,7-9,11,13,19,24H,4,6,10,12H2,1-2H3/b20-18+. The van der Waals surface area contributed by atoms with Crippen molar-refractivity contribution >= 4 is 17.4 Å². The highest BCUT2D eigenvalue weighted by molar-refractivity contribution is 6.46. The van der Waals surface area contributed by atoms with Crippen molar-refractivity contribution < 1.29 is 33.3 Å². The molecule has 2 saturated heterocycles. The van der Waals surface area contributed by atoms with Gasteiger partial charge >= 0.3 is 0 Å². The molecule has 8 nitrogen and oxygen atoms in total. The molecule has 1 aromatic heterocycles. The average molecular weight is 413 g/mol. The number of amides is 1. The molecule has 0 saturated carbocycles. The largest absolute Gasteiger partial charge is 0.506 e. The fourth-order valence-corrected chi connectivity index (χ4v) is 4.04. The number of furan rings is 1. The van der Waals surface area contributed by atoms with Gasteiger partial charge in [0.15, 0.2) is 0 Å². The van der Waals surface area contributed by atoms with E-state index < -0.39 is 17.7 Å². The minimum absolute atomic E-state index is 0.0734. The third kappa shape index (κ3) is 3.33. The van der Waals surface area contributed by atoms with Crippen molar-refractivity contribution in [2.75, 3.05) is 27.4 Å². The number of benzene rings is 1. The number of likely N-dealkylation sites (tertiary alicyclic amines) is 1. The van der Waals surface area contributed by atoms with Gasteiger partial charge in [-0.3, -0.25) is 9.59 Å². The van der Waals surface area contributed by atoms with Crippen molar-refractivity contribution in [3.63, 3.8) is 0 Å². The lowest BCUT2D eigenvalue weighted by molar-refractivity contribution is -0.141. The zero-order chi connectivity index (χ0) is 21.3. The van der Waals surface area contributed by atoms with Gasteiger partial charge in [0.05, 0.1) is 32.2 Å². The van der Waals surface area contributed by atoms with Crippen molar-refractivity contribution in [3.8, 4) is 11.5 Å². The number of ether oxygens (including phenoxy) is 3. The van der Waals surface area contributed by atoms with Gasteiger partial charge in [0.25, 0.3) is 11.7 Å². The topological polar surface area (TPSA) is 98.4 Å².